The third kappa shape index (κ3) is 4.11. The average molecular weight is 335 g/mol. The summed E-state index contributed by atoms with van der Waals surface area (Å²) in [6.45, 7) is 2.51. The second-order valence-corrected chi connectivity index (χ2v) is 5.87. The summed E-state index contributed by atoms with van der Waals surface area (Å²) in [5.41, 5.74) is 6.18. The van der Waals surface area contributed by atoms with Gasteiger partial charge in [0.2, 0.25) is 5.91 Å². The van der Waals surface area contributed by atoms with E-state index in [4.69, 9.17) is 5.73 Å². The molecule has 21 heavy (non-hydrogen) atoms. The molecule has 3 atom stereocenters. The zero-order chi connectivity index (χ0) is 13.2. The fourth-order valence-electron chi connectivity index (χ4n) is 3.52. The van der Waals surface area contributed by atoms with Crippen LogP contribution in [0.4, 0.5) is 0 Å². The van der Waals surface area contributed by atoms with Crippen molar-refractivity contribution in [1.82, 2.24) is 14.5 Å². The molecule has 1 saturated carbocycles. The minimum Gasteiger partial charge on any atom is -0.342 e. The van der Waals surface area contributed by atoms with Crippen LogP contribution in [0.2, 0.25) is 0 Å². The van der Waals surface area contributed by atoms with Crippen LogP contribution in [0.5, 0.6) is 0 Å². The Balaban J connectivity index is 0.00000110. The smallest absolute Gasteiger partial charge is 0.224 e. The van der Waals surface area contributed by atoms with E-state index in [2.05, 4.69) is 4.98 Å². The SMILES string of the molecule is Cl.Cl.NC1CCCC2CN(C(=O)CCn3ccnc3)CC12. The second kappa shape index (κ2) is 8.01. The first kappa shape index (κ1) is 18.3. The van der Waals surface area contributed by atoms with Crippen molar-refractivity contribution >= 4 is 30.7 Å². The van der Waals surface area contributed by atoms with Gasteiger partial charge in [-0.15, -0.1) is 24.8 Å². The van der Waals surface area contributed by atoms with E-state index >= 15 is 0 Å². The van der Waals surface area contributed by atoms with Crippen LogP contribution in [-0.2, 0) is 11.3 Å². The van der Waals surface area contributed by atoms with Gasteiger partial charge in [0.05, 0.1) is 6.33 Å². The highest BCUT2D eigenvalue weighted by Crippen LogP contribution is 2.35. The molecule has 1 aliphatic heterocycles. The topological polar surface area (TPSA) is 64.2 Å². The average Bonchev–Trinajstić information content (AvgIpc) is 3.05. The first-order chi connectivity index (χ1) is 9.24. The quantitative estimate of drug-likeness (QED) is 0.914. The summed E-state index contributed by atoms with van der Waals surface area (Å²) < 4.78 is 1.95. The molecule has 0 spiro atoms. The van der Waals surface area contributed by atoms with Gasteiger partial charge in [0.1, 0.15) is 0 Å². The van der Waals surface area contributed by atoms with E-state index in [1.165, 1.54) is 12.8 Å². The molecule has 3 rings (SSSR count). The molecule has 1 amide bonds. The summed E-state index contributed by atoms with van der Waals surface area (Å²) in [7, 11) is 0. The zero-order valence-electron chi connectivity index (χ0n) is 12.1. The number of imidazole rings is 1. The summed E-state index contributed by atoms with van der Waals surface area (Å²) in [4.78, 5) is 18.3. The molecule has 2 aliphatic rings. The van der Waals surface area contributed by atoms with Crippen LogP contribution in [0.3, 0.4) is 0 Å². The Morgan fingerprint density at radius 2 is 2.10 bits per heavy atom. The fraction of sp³-hybridized carbons (Fsp3) is 0.714. The van der Waals surface area contributed by atoms with Gasteiger partial charge in [-0.05, 0) is 24.7 Å². The lowest BCUT2D eigenvalue weighted by atomic mass is 9.78. The molecule has 1 aromatic heterocycles. The Kier molecular flexibility index (Phi) is 6.97. The van der Waals surface area contributed by atoms with E-state index in [1.54, 1.807) is 12.5 Å². The molecule has 120 valence electrons. The Bertz CT molecular complexity index is 440. The lowest BCUT2D eigenvalue weighted by Gasteiger charge is -2.29. The first-order valence-corrected chi connectivity index (χ1v) is 7.23. The van der Waals surface area contributed by atoms with Crippen LogP contribution in [-0.4, -0.2) is 39.5 Å². The van der Waals surface area contributed by atoms with Crippen molar-refractivity contribution < 1.29 is 4.79 Å². The lowest BCUT2D eigenvalue weighted by molar-refractivity contribution is -0.130. The number of halogens is 2. The van der Waals surface area contributed by atoms with Crippen LogP contribution < -0.4 is 5.73 Å². The predicted molar refractivity (Wildman–Crippen MR) is 86.7 cm³/mol. The van der Waals surface area contributed by atoms with Crippen molar-refractivity contribution in [2.45, 2.75) is 38.3 Å². The van der Waals surface area contributed by atoms with Gasteiger partial charge in [0.25, 0.3) is 0 Å². The first-order valence-electron chi connectivity index (χ1n) is 7.23. The van der Waals surface area contributed by atoms with Crippen LogP contribution in [0.1, 0.15) is 25.7 Å². The number of aryl methyl sites for hydroxylation is 1. The highest BCUT2D eigenvalue weighted by atomic mass is 35.5. The number of rotatable bonds is 3. The monoisotopic (exact) mass is 334 g/mol. The van der Waals surface area contributed by atoms with Gasteiger partial charge in [-0.2, -0.15) is 0 Å². The zero-order valence-corrected chi connectivity index (χ0v) is 13.7. The van der Waals surface area contributed by atoms with Crippen molar-refractivity contribution in [2.75, 3.05) is 13.1 Å². The Labute approximate surface area is 138 Å². The van der Waals surface area contributed by atoms with Gasteiger partial charge >= 0.3 is 0 Å². The molecule has 0 aromatic carbocycles. The molecule has 5 nitrogen and oxygen atoms in total. The fourth-order valence-corrected chi connectivity index (χ4v) is 3.52. The van der Waals surface area contributed by atoms with Gasteiger partial charge in [0.15, 0.2) is 0 Å². The third-order valence-electron chi connectivity index (χ3n) is 4.65. The molecular weight excluding hydrogens is 311 g/mol. The van der Waals surface area contributed by atoms with Gasteiger partial charge in [-0.1, -0.05) is 6.42 Å². The van der Waals surface area contributed by atoms with Gasteiger partial charge < -0.3 is 15.2 Å². The third-order valence-corrected chi connectivity index (χ3v) is 4.65. The summed E-state index contributed by atoms with van der Waals surface area (Å²) in [5, 5.41) is 0. The van der Waals surface area contributed by atoms with Crippen molar-refractivity contribution in [3.63, 3.8) is 0 Å². The lowest BCUT2D eigenvalue weighted by Crippen LogP contribution is -2.38. The second-order valence-electron chi connectivity index (χ2n) is 5.87. The van der Waals surface area contributed by atoms with E-state index < -0.39 is 0 Å². The highest BCUT2D eigenvalue weighted by molar-refractivity contribution is 5.85. The van der Waals surface area contributed by atoms with E-state index in [0.29, 0.717) is 24.3 Å². The molecule has 2 N–H and O–H groups in total. The maximum absolute atomic E-state index is 12.2. The molecule has 1 saturated heterocycles. The summed E-state index contributed by atoms with van der Waals surface area (Å²) >= 11 is 0. The highest BCUT2D eigenvalue weighted by Gasteiger charge is 2.39. The number of carbonyl (C=O) groups is 1. The number of amides is 1. The van der Waals surface area contributed by atoms with Crippen molar-refractivity contribution in [2.24, 2.45) is 17.6 Å². The normalized spacial score (nSPS) is 27.5. The molecule has 0 radical (unpaired) electrons. The van der Waals surface area contributed by atoms with E-state index in [1.807, 2.05) is 15.7 Å². The molecule has 3 unspecified atom stereocenters. The summed E-state index contributed by atoms with van der Waals surface area (Å²) in [6, 6.07) is 0.296. The van der Waals surface area contributed by atoms with Crippen LogP contribution >= 0.6 is 24.8 Å². The number of nitrogens with zero attached hydrogens (tertiary/aromatic N) is 3. The molecular formula is C14H24Cl2N4O. The van der Waals surface area contributed by atoms with Crippen LogP contribution in [0.15, 0.2) is 18.7 Å². The number of aromatic nitrogens is 2. The van der Waals surface area contributed by atoms with Crippen LogP contribution in [0.25, 0.3) is 0 Å². The van der Waals surface area contributed by atoms with Crippen molar-refractivity contribution in [1.29, 1.82) is 0 Å². The molecule has 2 heterocycles. The van der Waals surface area contributed by atoms with E-state index in [9.17, 15) is 4.79 Å². The molecule has 7 heteroatoms. The number of hydrogen-bond acceptors (Lipinski definition) is 3. The minimum absolute atomic E-state index is 0. The maximum atomic E-state index is 12.2. The van der Waals surface area contributed by atoms with E-state index in [-0.39, 0.29) is 30.7 Å². The van der Waals surface area contributed by atoms with Gasteiger partial charge in [0, 0.05) is 44.5 Å². The Morgan fingerprint density at radius 3 is 2.76 bits per heavy atom. The Morgan fingerprint density at radius 1 is 1.29 bits per heavy atom. The van der Waals surface area contributed by atoms with Gasteiger partial charge in [-0.3, -0.25) is 4.79 Å². The van der Waals surface area contributed by atoms with Crippen LogP contribution in [0, 0.1) is 11.8 Å². The number of hydrogen-bond donors (Lipinski definition) is 1. The minimum atomic E-state index is 0. The van der Waals surface area contributed by atoms with Gasteiger partial charge in [-0.25, -0.2) is 4.98 Å². The number of nitrogens with two attached hydrogens (primary N) is 1. The molecule has 2 fully saturated rings. The molecule has 1 aliphatic carbocycles. The number of fused-ring (bicyclic) bond motifs is 1. The number of carbonyl (C=O) groups excluding carboxylic acids is 1. The molecule has 0 bridgehead atoms. The van der Waals surface area contributed by atoms with Crippen molar-refractivity contribution in [3.8, 4) is 0 Å². The maximum Gasteiger partial charge on any atom is 0.224 e. The largest absolute Gasteiger partial charge is 0.342 e. The standard InChI is InChI=1S/C14H22N4O.2ClH/c15-13-3-1-2-11-8-18(9-12(11)13)14(19)4-6-17-7-5-16-10-17;;/h5,7,10-13H,1-4,6,8-9,15H2;2*1H. The molecule has 1 aromatic rings. The van der Waals surface area contributed by atoms with E-state index in [0.717, 1.165) is 26.1 Å². The number of likely N-dealkylation sites (tertiary alicyclic amines) is 1. The van der Waals surface area contributed by atoms with Crippen molar-refractivity contribution in [3.05, 3.63) is 18.7 Å². The Hall–Kier alpha value is -0.780. The summed E-state index contributed by atoms with van der Waals surface area (Å²) in [5.74, 6) is 1.43. The summed E-state index contributed by atoms with van der Waals surface area (Å²) in [6.07, 6.45) is 9.54. The predicted octanol–water partition coefficient (Wildman–Crippen LogP) is 1.70.